The summed E-state index contributed by atoms with van der Waals surface area (Å²) < 4.78 is 31.3. The minimum atomic E-state index is -3.81. The lowest BCUT2D eigenvalue weighted by Crippen LogP contribution is -2.51. The minimum absolute atomic E-state index is 0.0243. The molecule has 0 aromatic heterocycles. The van der Waals surface area contributed by atoms with Crippen LogP contribution in [0.2, 0.25) is 0 Å². The average Bonchev–Trinajstić information content (AvgIpc) is 2.20. The fourth-order valence-electron chi connectivity index (χ4n) is 1.63. The first kappa shape index (κ1) is 14.2. The van der Waals surface area contributed by atoms with Gasteiger partial charge in [-0.25, -0.2) is 9.52 Å². The molecule has 0 spiro atoms. The maximum absolute atomic E-state index is 11.9. The Balaban J connectivity index is 2.69. The molecule has 0 heterocycles. The number of hydrogen-bond donors (Lipinski definition) is 2. The summed E-state index contributed by atoms with van der Waals surface area (Å²) >= 11 is 0. The van der Waals surface area contributed by atoms with E-state index in [2.05, 4.69) is 4.74 Å². The normalized spacial score (nSPS) is 16.6. The number of amides is 1. The molecule has 7 nitrogen and oxygen atoms in total. The Labute approximate surface area is 101 Å². The summed E-state index contributed by atoms with van der Waals surface area (Å²) in [6.07, 6.45) is 2.26. The summed E-state index contributed by atoms with van der Waals surface area (Å²) in [6.45, 7) is 0.741. The van der Waals surface area contributed by atoms with Crippen LogP contribution in [0.15, 0.2) is 0 Å². The Bertz CT molecular complexity index is 353. The van der Waals surface area contributed by atoms with Gasteiger partial charge in [0.2, 0.25) is 0 Å². The first-order valence-electron chi connectivity index (χ1n) is 5.59. The van der Waals surface area contributed by atoms with Crippen molar-refractivity contribution in [3.63, 3.8) is 0 Å². The molecule has 1 aliphatic rings. The van der Waals surface area contributed by atoms with Crippen LogP contribution in [0.5, 0.6) is 0 Å². The van der Waals surface area contributed by atoms with Gasteiger partial charge in [-0.2, -0.15) is 12.7 Å². The van der Waals surface area contributed by atoms with Gasteiger partial charge < -0.3 is 10.5 Å². The second-order valence-electron chi connectivity index (χ2n) is 3.94. The molecule has 0 unspecified atom stereocenters. The van der Waals surface area contributed by atoms with Gasteiger partial charge in [-0.3, -0.25) is 0 Å². The zero-order valence-corrected chi connectivity index (χ0v) is 10.7. The molecule has 0 aliphatic heterocycles. The topological polar surface area (TPSA) is 102 Å². The fourth-order valence-corrected chi connectivity index (χ4v) is 3.01. The number of carbonyl (C=O) groups excluding carboxylic acids is 1. The number of nitrogens with two attached hydrogens (primary N) is 1. The van der Waals surface area contributed by atoms with Crippen LogP contribution in [0.4, 0.5) is 4.79 Å². The number of rotatable bonds is 6. The first-order valence-corrected chi connectivity index (χ1v) is 7.03. The summed E-state index contributed by atoms with van der Waals surface area (Å²) in [4.78, 5) is 11.0. The van der Waals surface area contributed by atoms with Crippen molar-refractivity contribution in [2.45, 2.75) is 31.7 Å². The lowest BCUT2D eigenvalue weighted by atomic mass is 9.93. The summed E-state index contributed by atoms with van der Waals surface area (Å²) in [5.74, 6) is 0. The largest absolute Gasteiger partial charge is 0.452 e. The van der Waals surface area contributed by atoms with E-state index in [1.54, 1.807) is 0 Å². The molecular formula is C9H19N3O4S. The van der Waals surface area contributed by atoms with Gasteiger partial charge in [0.15, 0.2) is 0 Å². The summed E-state index contributed by atoms with van der Waals surface area (Å²) in [7, 11) is -2.69. The average molecular weight is 265 g/mol. The molecule has 0 aromatic carbocycles. The fraction of sp³-hybridized carbons (Fsp3) is 0.889. The van der Waals surface area contributed by atoms with Crippen LogP contribution >= 0.6 is 0 Å². The monoisotopic (exact) mass is 265 g/mol. The molecule has 1 saturated carbocycles. The number of carbonyl (C=O) groups is 1. The van der Waals surface area contributed by atoms with Crippen LogP contribution < -0.4 is 10.5 Å². The minimum Gasteiger partial charge on any atom is -0.452 e. The van der Waals surface area contributed by atoms with Gasteiger partial charge in [0.25, 0.3) is 0 Å². The van der Waals surface area contributed by atoms with E-state index in [1.165, 1.54) is 4.31 Å². The van der Waals surface area contributed by atoms with Crippen LogP contribution in [0.25, 0.3) is 0 Å². The van der Waals surface area contributed by atoms with E-state index in [1.807, 2.05) is 4.72 Å². The van der Waals surface area contributed by atoms with E-state index < -0.39 is 16.3 Å². The Morgan fingerprint density at radius 2 is 2.18 bits per heavy atom. The smallest absolute Gasteiger partial charge is 0.421 e. The Kier molecular flexibility index (Phi) is 5.16. The van der Waals surface area contributed by atoms with Crippen molar-refractivity contribution in [2.75, 3.05) is 20.2 Å². The zero-order valence-electron chi connectivity index (χ0n) is 9.89. The second kappa shape index (κ2) is 6.18. The third-order valence-corrected chi connectivity index (χ3v) is 4.29. The van der Waals surface area contributed by atoms with E-state index in [4.69, 9.17) is 5.73 Å². The third kappa shape index (κ3) is 3.83. The molecule has 0 atom stereocenters. The van der Waals surface area contributed by atoms with E-state index in [0.29, 0.717) is 19.5 Å². The lowest BCUT2D eigenvalue weighted by Gasteiger charge is -2.36. The van der Waals surface area contributed by atoms with Gasteiger partial charge in [0.05, 0.1) is 7.11 Å². The predicted octanol–water partition coefficient (Wildman–Crippen LogP) is -0.209. The third-order valence-electron chi connectivity index (χ3n) is 2.77. The van der Waals surface area contributed by atoms with Gasteiger partial charge in [0, 0.05) is 12.6 Å². The van der Waals surface area contributed by atoms with Crippen molar-refractivity contribution in [3.05, 3.63) is 0 Å². The molecule has 0 aromatic rings. The summed E-state index contributed by atoms with van der Waals surface area (Å²) in [6, 6.07) is -0.0243. The highest BCUT2D eigenvalue weighted by molar-refractivity contribution is 7.87. The maximum Gasteiger partial charge on any atom is 0.421 e. The molecule has 1 aliphatic carbocycles. The van der Waals surface area contributed by atoms with Gasteiger partial charge in [-0.05, 0) is 25.8 Å². The van der Waals surface area contributed by atoms with Crippen LogP contribution in [0, 0.1) is 0 Å². The molecule has 8 heteroatoms. The van der Waals surface area contributed by atoms with Crippen LogP contribution in [0.3, 0.4) is 0 Å². The molecular weight excluding hydrogens is 246 g/mol. The molecule has 100 valence electrons. The van der Waals surface area contributed by atoms with Gasteiger partial charge in [-0.1, -0.05) is 6.42 Å². The SMILES string of the molecule is COC(=O)NS(=O)(=O)N(CCCN)C1CCC1. The molecule has 17 heavy (non-hydrogen) atoms. The highest BCUT2D eigenvalue weighted by Gasteiger charge is 2.34. The standard InChI is InChI=1S/C9H19N3O4S/c1-16-9(13)11-17(14,15)12(7-3-6-10)8-4-2-5-8/h8H,2-7,10H2,1H3,(H,11,13). The Morgan fingerprint density at radius 3 is 2.59 bits per heavy atom. The van der Waals surface area contributed by atoms with Crippen molar-refractivity contribution in [3.8, 4) is 0 Å². The molecule has 1 fully saturated rings. The van der Waals surface area contributed by atoms with Gasteiger partial charge >= 0.3 is 16.3 Å². The summed E-state index contributed by atoms with van der Waals surface area (Å²) in [5, 5.41) is 0. The quantitative estimate of drug-likeness (QED) is 0.692. The van der Waals surface area contributed by atoms with Crippen molar-refractivity contribution >= 4 is 16.3 Å². The molecule has 1 amide bonds. The van der Waals surface area contributed by atoms with Crippen LogP contribution in [0.1, 0.15) is 25.7 Å². The van der Waals surface area contributed by atoms with Gasteiger partial charge in [-0.15, -0.1) is 0 Å². The van der Waals surface area contributed by atoms with Crippen molar-refractivity contribution in [1.29, 1.82) is 0 Å². The van der Waals surface area contributed by atoms with Crippen molar-refractivity contribution < 1.29 is 17.9 Å². The highest BCUT2D eigenvalue weighted by atomic mass is 32.2. The molecule has 0 radical (unpaired) electrons. The molecule has 3 N–H and O–H groups in total. The van der Waals surface area contributed by atoms with E-state index in [-0.39, 0.29) is 6.04 Å². The van der Waals surface area contributed by atoms with Crippen molar-refractivity contribution in [2.24, 2.45) is 5.73 Å². The number of ether oxygens (including phenoxy) is 1. The number of nitrogens with one attached hydrogen (secondary N) is 1. The van der Waals surface area contributed by atoms with Crippen LogP contribution in [-0.2, 0) is 14.9 Å². The van der Waals surface area contributed by atoms with Gasteiger partial charge in [0.1, 0.15) is 0 Å². The highest BCUT2D eigenvalue weighted by Crippen LogP contribution is 2.26. The lowest BCUT2D eigenvalue weighted by molar-refractivity contribution is 0.174. The maximum atomic E-state index is 11.9. The first-order chi connectivity index (χ1) is 8.01. The van der Waals surface area contributed by atoms with Crippen molar-refractivity contribution in [1.82, 2.24) is 9.03 Å². The summed E-state index contributed by atoms with van der Waals surface area (Å²) in [5.41, 5.74) is 5.37. The Hall–Kier alpha value is -0.860. The number of nitrogens with zero attached hydrogens (tertiary/aromatic N) is 1. The van der Waals surface area contributed by atoms with E-state index >= 15 is 0 Å². The number of methoxy groups -OCH3 is 1. The Morgan fingerprint density at radius 1 is 1.53 bits per heavy atom. The molecule has 0 bridgehead atoms. The predicted molar refractivity (Wildman–Crippen MR) is 62.5 cm³/mol. The number of hydrogen-bond acceptors (Lipinski definition) is 5. The molecule has 1 rings (SSSR count). The second-order valence-corrected chi connectivity index (χ2v) is 5.56. The van der Waals surface area contributed by atoms with E-state index in [0.717, 1.165) is 26.4 Å². The van der Waals surface area contributed by atoms with E-state index in [9.17, 15) is 13.2 Å². The molecule has 0 saturated heterocycles. The zero-order chi connectivity index (χ0) is 12.9. The van der Waals surface area contributed by atoms with Crippen LogP contribution in [-0.4, -0.2) is 45.1 Å².